The highest BCUT2D eigenvalue weighted by atomic mass is 35.5. The van der Waals surface area contributed by atoms with Gasteiger partial charge in [-0.1, -0.05) is 36.2 Å². The van der Waals surface area contributed by atoms with Gasteiger partial charge in [-0.05, 0) is 54.4 Å². The van der Waals surface area contributed by atoms with Crippen molar-refractivity contribution in [3.05, 3.63) is 81.2 Å². The predicted molar refractivity (Wildman–Crippen MR) is 106 cm³/mol. The highest BCUT2D eigenvalue weighted by molar-refractivity contribution is 6.36. The molecule has 136 valence electrons. The second-order valence-electron chi connectivity index (χ2n) is 6.39. The summed E-state index contributed by atoms with van der Waals surface area (Å²) in [5, 5.41) is 3.59. The van der Waals surface area contributed by atoms with Gasteiger partial charge < -0.3 is 5.32 Å². The lowest BCUT2D eigenvalue weighted by atomic mass is 9.90. The summed E-state index contributed by atoms with van der Waals surface area (Å²) in [5.41, 5.74) is 3.79. The van der Waals surface area contributed by atoms with Crippen LogP contribution in [0.2, 0.25) is 10.0 Å². The molecule has 1 aromatic heterocycles. The SMILES string of the molecule is CCc1cc2nc(c1)C(c1c(Cl)cccc1Cl)C(=O)Nc1cc(F)ccc1-2. The Morgan fingerprint density at radius 1 is 1.11 bits per heavy atom. The highest BCUT2D eigenvalue weighted by Gasteiger charge is 2.31. The summed E-state index contributed by atoms with van der Waals surface area (Å²) >= 11 is 12.8. The number of anilines is 1. The van der Waals surface area contributed by atoms with Crippen molar-refractivity contribution in [2.24, 2.45) is 0 Å². The number of nitrogens with zero attached hydrogens (tertiary/aromatic N) is 1. The molecule has 1 aliphatic heterocycles. The van der Waals surface area contributed by atoms with Crippen molar-refractivity contribution in [1.82, 2.24) is 4.98 Å². The minimum absolute atomic E-state index is 0.358. The number of carbonyl (C=O) groups is 1. The fourth-order valence-electron chi connectivity index (χ4n) is 3.35. The molecule has 1 aliphatic rings. The van der Waals surface area contributed by atoms with Gasteiger partial charge in [0.1, 0.15) is 11.7 Å². The molecule has 0 saturated heterocycles. The largest absolute Gasteiger partial charge is 0.324 e. The van der Waals surface area contributed by atoms with Gasteiger partial charge in [0.05, 0.1) is 17.1 Å². The van der Waals surface area contributed by atoms with Crippen LogP contribution in [0.3, 0.4) is 0 Å². The van der Waals surface area contributed by atoms with E-state index in [2.05, 4.69) is 5.32 Å². The molecule has 2 aromatic carbocycles. The smallest absolute Gasteiger partial charge is 0.238 e. The molecule has 0 radical (unpaired) electrons. The van der Waals surface area contributed by atoms with Gasteiger partial charge in [0.2, 0.25) is 5.91 Å². The summed E-state index contributed by atoms with van der Waals surface area (Å²) in [5.74, 6) is -1.59. The first kappa shape index (κ1) is 18.0. The van der Waals surface area contributed by atoms with Gasteiger partial charge in [0.25, 0.3) is 0 Å². The number of nitrogens with one attached hydrogen (secondary N) is 1. The molecule has 1 amide bonds. The van der Waals surface area contributed by atoms with E-state index in [1.165, 1.54) is 12.1 Å². The Kier molecular flexibility index (Phi) is 4.62. The molecule has 27 heavy (non-hydrogen) atoms. The van der Waals surface area contributed by atoms with Gasteiger partial charge in [0, 0.05) is 21.2 Å². The summed E-state index contributed by atoms with van der Waals surface area (Å²) in [4.78, 5) is 17.9. The fraction of sp³-hybridized carbons (Fsp3) is 0.143. The van der Waals surface area contributed by atoms with Crippen LogP contribution in [0.5, 0.6) is 0 Å². The van der Waals surface area contributed by atoms with Crippen molar-refractivity contribution < 1.29 is 9.18 Å². The fourth-order valence-corrected chi connectivity index (χ4v) is 3.96. The molecule has 1 unspecified atom stereocenters. The monoisotopic (exact) mass is 400 g/mol. The number of halogens is 3. The number of rotatable bonds is 2. The van der Waals surface area contributed by atoms with Crippen LogP contribution in [0.1, 0.15) is 29.7 Å². The maximum Gasteiger partial charge on any atom is 0.238 e. The number of amides is 1. The Morgan fingerprint density at radius 3 is 2.56 bits per heavy atom. The molecule has 0 fully saturated rings. The van der Waals surface area contributed by atoms with E-state index < -0.39 is 11.7 Å². The number of aryl methyl sites for hydroxylation is 1. The van der Waals surface area contributed by atoms with E-state index in [-0.39, 0.29) is 5.91 Å². The average molecular weight is 401 g/mol. The third-order valence-electron chi connectivity index (χ3n) is 4.67. The van der Waals surface area contributed by atoms with Crippen LogP contribution in [-0.4, -0.2) is 10.9 Å². The lowest BCUT2D eigenvalue weighted by Gasteiger charge is -2.24. The van der Waals surface area contributed by atoms with Crippen molar-refractivity contribution >= 4 is 34.8 Å². The maximum absolute atomic E-state index is 13.8. The second kappa shape index (κ2) is 6.95. The van der Waals surface area contributed by atoms with Crippen LogP contribution in [0.25, 0.3) is 11.3 Å². The van der Waals surface area contributed by atoms with Crippen LogP contribution >= 0.6 is 23.2 Å². The third-order valence-corrected chi connectivity index (χ3v) is 5.33. The first-order chi connectivity index (χ1) is 13.0. The Balaban J connectivity index is 2.02. The van der Waals surface area contributed by atoms with Crippen LogP contribution in [0, 0.1) is 5.82 Å². The third kappa shape index (κ3) is 3.20. The lowest BCUT2D eigenvalue weighted by Crippen LogP contribution is -2.26. The van der Waals surface area contributed by atoms with E-state index in [1.807, 2.05) is 19.1 Å². The molecule has 0 aliphatic carbocycles. The number of aromatic nitrogens is 1. The van der Waals surface area contributed by atoms with Gasteiger partial charge in [0.15, 0.2) is 0 Å². The van der Waals surface area contributed by atoms with Crippen LogP contribution in [0.4, 0.5) is 10.1 Å². The molecule has 0 saturated carbocycles. The van der Waals surface area contributed by atoms with Gasteiger partial charge in [-0.3, -0.25) is 9.78 Å². The Morgan fingerprint density at radius 2 is 1.85 bits per heavy atom. The molecule has 1 atom stereocenters. The molecular weight excluding hydrogens is 386 g/mol. The van der Waals surface area contributed by atoms with E-state index >= 15 is 0 Å². The molecule has 3 nitrogen and oxygen atoms in total. The lowest BCUT2D eigenvalue weighted by molar-refractivity contribution is -0.116. The van der Waals surface area contributed by atoms with Crippen molar-refractivity contribution in [3.8, 4) is 11.3 Å². The summed E-state index contributed by atoms with van der Waals surface area (Å²) < 4.78 is 13.8. The Labute approximate surface area is 166 Å². The zero-order chi connectivity index (χ0) is 19.1. The van der Waals surface area contributed by atoms with E-state index in [4.69, 9.17) is 28.2 Å². The predicted octanol–water partition coefficient (Wildman–Crippen LogP) is 5.84. The number of hydrogen-bond acceptors (Lipinski definition) is 2. The number of hydrogen-bond donors (Lipinski definition) is 1. The minimum Gasteiger partial charge on any atom is -0.324 e. The van der Waals surface area contributed by atoms with Crippen molar-refractivity contribution in [3.63, 3.8) is 0 Å². The van der Waals surface area contributed by atoms with E-state index in [9.17, 15) is 9.18 Å². The molecule has 2 bridgehead atoms. The molecular formula is C21H15Cl2FN2O. The number of pyridine rings is 1. The molecule has 4 rings (SSSR count). The van der Waals surface area contributed by atoms with Crippen LogP contribution in [-0.2, 0) is 11.2 Å². The molecule has 3 aromatic rings. The van der Waals surface area contributed by atoms with Gasteiger partial charge in [-0.25, -0.2) is 4.39 Å². The first-order valence-corrected chi connectivity index (χ1v) is 9.29. The summed E-state index contributed by atoms with van der Waals surface area (Å²) in [6.45, 7) is 2.03. The molecule has 6 heteroatoms. The normalized spacial score (nSPS) is 15.6. The Bertz CT molecular complexity index is 1050. The van der Waals surface area contributed by atoms with Crippen molar-refractivity contribution in [2.75, 3.05) is 5.32 Å². The number of fused-ring (bicyclic) bond motifs is 4. The first-order valence-electron chi connectivity index (χ1n) is 8.53. The summed E-state index contributed by atoms with van der Waals surface area (Å²) in [7, 11) is 0. The quantitative estimate of drug-likeness (QED) is 0.586. The average Bonchev–Trinajstić information content (AvgIpc) is 2.63. The van der Waals surface area contributed by atoms with E-state index in [0.717, 1.165) is 12.0 Å². The van der Waals surface area contributed by atoms with Gasteiger partial charge in [-0.15, -0.1) is 0 Å². The van der Waals surface area contributed by atoms with Gasteiger partial charge >= 0.3 is 0 Å². The number of benzene rings is 2. The highest BCUT2D eigenvalue weighted by Crippen LogP contribution is 2.40. The summed E-state index contributed by atoms with van der Waals surface area (Å²) in [6.07, 6.45) is 0.768. The second-order valence-corrected chi connectivity index (χ2v) is 7.20. The number of carbonyl (C=O) groups excluding carboxylic acids is 1. The molecule has 0 spiro atoms. The van der Waals surface area contributed by atoms with Crippen LogP contribution < -0.4 is 5.32 Å². The zero-order valence-electron chi connectivity index (χ0n) is 14.4. The topological polar surface area (TPSA) is 42.0 Å². The van der Waals surface area contributed by atoms with Crippen molar-refractivity contribution in [2.45, 2.75) is 19.3 Å². The molecule has 1 N–H and O–H groups in total. The minimum atomic E-state index is -0.798. The summed E-state index contributed by atoms with van der Waals surface area (Å²) in [6, 6.07) is 13.2. The van der Waals surface area contributed by atoms with Crippen molar-refractivity contribution in [1.29, 1.82) is 0 Å². The standard InChI is InChI=1S/C21H15Cl2FN2O/c1-2-11-8-16-13-7-6-12(24)10-17(13)26-21(27)20(18(9-11)25-16)19-14(22)4-3-5-15(19)23/h3-10,20H,2H2,1H3,(H,26,27). The van der Waals surface area contributed by atoms with Crippen LogP contribution in [0.15, 0.2) is 48.5 Å². The zero-order valence-corrected chi connectivity index (χ0v) is 15.9. The Hall–Kier alpha value is -2.43. The van der Waals surface area contributed by atoms with E-state index in [1.54, 1.807) is 24.3 Å². The van der Waals surface area contributed by atoms with E-state index in [0.29, 0.717) is 38.2 Å². The maximum atomic E-state index is 13.8. The molecule has 2 heterocycles. The van der Waals surface area contributed by atoms with Gasteiger partial charge in [-0.2, -0.15) is 0 Å².